The van der Waals surface area contributed by atoms with E-state index in [1.165, 1.54) is 6.42 Å². The molecule has 0 saturated heterocycles. The zero-order valence-electron chi connectivity index (χ0n) is 8.75. The summed E-state index contributed by atoms with van der Waals surface area (Å²) < 4.78 is 14.1. The van der Waals surface area contributed by atoms with Gasteiger partial charge < -0.3 is 0 Å². The number of benzene rings is 1. The molecule has 0 aromatic heterocycles. The molecule has 3 rings (SSSR count). The molecule has 0 N–H and O–H groups in total. The number of hydrogen-bond acceptors (Lipinski definition) is 1. The Morgan fingerprint density at radius 3 is 2.69 bits per heavy atom. The fraction of sp³-hybridized carbons (Fsp3) is 0.462. The lowest BCUT2D eigenvalue weighted by molar-refractivity contribution is 0.0947. The summed E-state index contributed by atoms with van der Waals surface area (Å²) in [6, 6.07) is 4.94. The molecule has 0 spiro atoms. The third-order valence-corrected chi connectivity index (χ3v) is 4.54. The van der Waals surface area contributed by atoms with Crippen LogP contribution in [0.1, 0.15) is 29.6 Å². The van der Waals surface area contributed by atoms with Gasteiger partial charge in [0.15, 0.2) is 5.78 Å². The van der Waals surface area contributed by atoms with E-state index < -0.39 is 5.82 Å². The highest BCUT2D eigenvalue weighted by Crippen LogP contribution is 2.58. The maximum atomic E-state index is 13.7. The largest absolute Gasteiger partial charge is 0.294 e. The molecule has 16 heavy (non-hydrogen) atoms. The maximum Gasteiger partial charge on any atom is 0.169 e. The summed E-state index contributed by atoms with van der Waals surface area (Å²) >= 11 is 3.12. The summed E-state index contributed by atoms with van der Waals surface area (Å²) in [6.07, 6.45) is 3.54. The molecule has 0 aliphatic heterocycles. The Hall–Kier alpha value is -0.700. The van der Waals surface area contributed by atoms with Gasteiger partial charge in [-0.2, -0.15) is 0 Å². The standard InChI is InChI=1S/C13H12BrFO/c14-10-6-2-5-9(12(10)15)13(16)11-7-3-1-4-8(7)11/h2,5-8,11H,1,3-4H2. The molecular formula is C13H12BrFO. The molecule has 2 atom stereocenters. The first kappa shape index (κ1) is 10.5. The van der Waals surface area contributed by atoms with Gasteiger partial charge >= 0.3 is 0 Å². The minimum atomic E-state index is -0.405. The number of ketones is 1. The number of rotatable bonds is 2. The second kappa shape index (κ2) is 3.66. The van der Waals surface area contributed by atoms with Gasteiger partial charge in [0.25, 0.3) is 0 Å². The first-order valence-electron chi connectivity index (χ1n) is 5.68. The lowest BCUT2D eigenvalue weighted by atomic mass is 10.0. The van der Waals surface area contributed by atoms with Gasteiger partial charge in [-0.25, -0.2) is 4.39 Å². The van der Waals surface area contributed by atoms with E-state index in [-0.39, 0.29) is 17.3 Å². The molecule has 1 aromatic rings. The molecule has 0 heterocycles. The average Bonchev–Trinajstić information content (AvgIpc) is 2.75. The molecule has 0 amide bonds. The molecular weight excluding hydrogens is 271 g/mol. The number of fused-ring (bicyclic) bond motifs is 1. The lowest BCUT2D eigenvalue weighted by Gasteiger charge is -2.05. The molecule has 2 aliphatic rings. The van der Waals surface area contributed by atoms with Gasteiger partial charge in [0.1, 0.15) is 5.82 Å². The fourth-order valence-electron chi connectivity index (χ4n) is 3.08. The van der Waals surface area contributed by atoms with Gasteiger partial charge in [-0.15, -0.1) is 0 Å². The van der Waals surface area contributed by atoms with E-state index in [2.05, 4.69) is 15.9 Å². The summed E-state index contributed by atoms with van der Waals surface area (Å²) in [4.78, 5) is 12.1. The molecule has 1 aromatic carbocycles. The number of carbonyl (C=O) groups is 1. The van der Waals surface area contributed by atoms with E-state index in [1.54, 1.807) is 18.2 Å². The second-order valence-corrected chi connectivity index (χ2v) is 5.60. The Kier molecular flexibility index (Phi) is 2.39. The van der Waals surface area contributed by atoms with Crippen LogP contribution in [0.5, 0.6) is 0 Å². The molecule has 2 saturated carbocycles. The van der Waals surface area contributed by atoms with Crippen LogP contribution in [0.2, 0.25) is 0 Å². The summed E-state index contributed by atoms with van der Waals surface area (Å²) in [5.74, 6) is 0.806. The van der Waals surface area contributed by atoms with Crippen LogP contribution < -0.4 is 0 Å². The Bertz CT molecular complexity index is 447. The highest BCUT2D eigenvalue weighted by molar-refractivity contribution is 9.10. The van der Waals surface area contributed by atoms with Crippen LogP contribution in [0, 0.1) is 23.6 Å². The van der Waals surface area contributed by atoms with Gasteiger partial charge in [0.2, 0.25) is 0 Å². The zero-order chi connectivity index (χ0) is 11.3. The highest BCUT2D eigenvalue weighted by Gasteiger charge is 2.56. The average molecular weight is 283 g/mol. The van der Waals surface area contributed by atoms with Crippen molar-refractivity contribution < 1.29 is 9.18 Å². The van der Waals surface area contributed by atoms with Crippen LogP contribution in [0.3, 0.4) is 0 Å². The smallest absolute Gasteiger partial charge is 0.169 e. The predicted octanol–water partition coefficient (Wildman–Crippen LogP) is 3.82. The Balaban J connectivity index is 1.88. The highest BCUT2D eigenvalue weighted by atomic mass is 79.9. The van der Waals surface area contributed by atoms with Crippen molar-refractivity contribution in [2.24, 2.45) is 17.8 Å². The van der Waals surface area contributed by atoms with Gasteiger partial charge in [-0.3, -0.25) is 4.79 Å². The minimum Gasteiger partial charge on any atom is -0.294 e. The van der Waals surface area contributed by atoms with Crippen LogP contribution in [-0.2, 0) is 0 Å². The minimum absolute atomic E-state index is 0.00787. The van der Waals surface area contributed by atoms with E-state index in [0.717, 1.165) is 12.8 Å². The first-order chi connectivity index (χ1) is 7.70. The van der Waals surface area contributed by atoms with Crippen molar-refractivity contribution in [1.29, 1.82) is 0 Å². The number of halogens is 2. The Labute approximate surface area is 102 Å². The molecule has 0 bridgehead atoms. The van der Waals surface area contributed by atoms with Crippen molar-refractivity contribution in [2.75, 3.05) is 0 Å². The predicted molar refractivity (Wildman–Crippen MR) is 62.8 cm³/mol. The molecule has 0 radical (unpaired) electrons. The summed E-state index contributed by atoms with van der Waals surface area (Å²) in [6.45, 7) is 0. The van der Waals surface area contributed by atoms with E-state index >= 15 is 0 Å². The molecule has 3 heteroatoms. The van der Waals surface area contributed by atoms with Crippen molar-refractivity contribution in [3.63, 3.8) is 0 Å². The second-order valence-electron chi connectivity index (χ2n) is 4.75. The topological polar surface area (TPSA) is 17.1 Å². The number of hydrogen-bond donors (Lipinski definition) is 0. The van der Waals surface area contributed by atoms with Crippen LogP contribution >= 0.6 is 15.9 Å². The SMILES string of the molecule is O=C(c1cccc(Br)c1F)C1C2CCCC21. The summed E-state index contributed by atoms with van der Waals surface area (Å²) in [5, 5.41) is 0. The third-order valence-electron chi connectivity index (χ3n) is 3.93. The number of Topliss-reactive ketones (excluding diaryl/α,β-unsaturated/α-hetero) is 1. The van der Waals surface area contributed by atoms with E-state index in [1.807, 2.05) is 0 Å². The maximum absolute atomic E-state index is 13.7. The normalized spacial score (nSPS) is 31.2. The molecule has 2 unspecified atom stereocenters. The van der Waals surface area contributed by atoms with Crippen LogP contribution in [0.15, 0.2) is 22.7 Å². The van der Waals surface area contributed by atoms with Gasteiger partial charge in [0, 0.05) is 5.92 Å². The van der Waals surface area contributed by atoms with Gasteiger partial charge in [0.05, 0.1) is 10.0 Å². The lowest BCUT2D eigenvalue weighted by Crippen LogP contribution is -2.08. The monoisotopic (exact) mass is 282 g/mol. The molecule has 84 valence electrons. The Morgan fingerprint density at radius 1 is 1.31 bits per heavy atom. The Morgan fingerprint density at radius 2 is 2.00 bits per heavy atom. The van der Waals surface area contributed by atoms with E-state index in [0.29, 0.717) is 16.3 Å². The van der Waals surface area contributed by atoms with Gasteiger partial charge in [-0.05, 0) is 52.7 Å². The molecule has 2 fully saturated rings. The quantitative estimate of drug-likeness (QED) is 0.754. The van der Waals surface area contributed by atoms with E-state index in [9.17, 15) is 9.18 Å². The van der Waals surface area contributed by atoms with Crippen LogP contribution in [0.25, 0.3) is 0 Å². The summed E-state index contributed by atoms with van der Waals surface area (Å²) in [7, 11) is 0. The van der Waals surface area contributed by atoms with Crippen LogP contribution in [-0.4, -0.2) is 5.78 Å². The van der Waals surface area contributed by atoms with Crippen molar-refractivity contribution in [2.45, 2.75) is 19.3 Å². The molecule has 1 nitrogen and oxygen atoms in total. The van der Waals surface area contributed by atoms with Crippen molar-refractivity contribution >= 4 is 21.7 Å². The van der Waals surface area contributed by atoms with Crippen LogP contribution in [0.4, 0.5) is 4.39 Å². The fourth-order valence-corrected chi connectivity index (χ4v) is 3.45. The number of carbonyl (C=O) groups excluding carboxylic acids is 1. The first-order valence-corrected chi connectivity index (χ1v) is 6.47. The molecule has 2 aliphatic carbocycles. The zero-order valence-corrected chi connectivity index (χ0v) is 10.3. The van der Waals surface area contributed by atoms with Crippen molar-refractivity contribution in [3.05, 3.63) is 34.1 Å². The van der Waals surface area contributed by atoms with Crippen molar-refractivity contribution in [1.82, 2.24) is 0 Å². The van der Waals surface area contributed by atoms with E-state index in [4.69, 9.17) is 0 Å². The van der Waals surface area contributed by atoms with Gasteiger partial charge in [-0.1, -0.05) is 12.5 Å². The van der Waals surface area contributed by atoms with Crippen molar-refractivity contribution in [3.8, 4) is 0 Å². The third kappa shape index (κ3) is 1.45. The summed E-state index contributed by atoms with van der Waals surface area (Å²) in [5.41, 5.74) is 0.258.